The van der Waals surface area contributed by atoms with Crippen LogP contribution in [0.2, 0.25) is 0 Å². The summed E-state index contributed by atoms with van der Waals surface area (Å²) in [6, 6.07) is 5.85. The topological polar surface area (TPSA) is 94.1 Å². The highest BCUT2D eigenvalue weighted by molar-refractivity contribution is 7.89. The van der Waals surface area contributed by atoms with Gasteiger partial charge in [0.25, 0.3) is 0 Å². The molecule has 3 heterocycles. The van der Waals surface area contributed by atoms with Gasteiger partial charge in [-0.15, -0.1) is 0 Å². The van der Waals surface area contributed by atoms with Crippen molar-refractivity contribution in [3.8, 4) is 5.82 Å². The first kappa shape index (κ1) is 15.9. The third-order valence-corrected chi connectivity index (χ3v) is 5.04. The number of rotatable bonds is 4. The van der Waals surface area contributed by atoms with E-state index in [1.807, 2.05) is 35.9 Å². The molecule has 0 spiro atoms. The molecule has 2 N–H and O–H groups in total. The lowest BCUT2D eigenvalue weighted by Crippen LogP contribution is -2.39. The molecule has 0 bridgehead atoms. The van der Waals surface area contributed by atoms with Gasteiger partial charge in [0.1, 0.15) is 17.5 Å². The Bertz CT molecular complexity index is 787. The summed E-state index contributed by atoms with van der Waals surface area (Å²) in [6.07, 6.45) is 5.44. The standard InChI is InChI=1S/C15H21N5O2S/c1-12-17-7-9-20(12)15-6-2-5-14(18-15)19-8-3-4-13(10-19)11-23(16,21)22/h2,5-7,9,13H,3-4,8,10-11H2,1H3,(H2,16,21,22). The van der Waals surface area contributed by atoms with Gasteiger partial charge in [0.15, 0.2) is 0 Å². The third kappa shape index (κ3) is 3.89. The Morgan fingerprint density at radius 2 is 2.13 bits per heavy atom. The average Bonchev–Trinajstić information content (AvgIpc) is 2.92. The van der Waals surface area contributed by atoms with E-state index in [2.05, 4.69) is 9.88 Å². The van der Waals surface area contributed by atoms with E-state index in [0.29, 0.717) is 6.54 Å². The van der Waals surface area contributed by atoms with Gasteiger partial charge < -0.3 is 4.90 Å². The van der Waals surface area contributed by atoms with Gasteiger partial charge in [-0.25, -0.2) is 23.5 Å². The van der Waals surface area contributed by atoms with Crippen LogP contribution in [0.3, 0.4) is 0 Å². The van der Waals surface area contributed by atoms with E-state index < -0.39 is 10.0 Å². The second-order valence-corrected chi connectivity index (χ2v) is 7.64. The molecule has 0 radical (unpaired) electrons. The number of aryl methyl sites for hydroxylation is 1. The zero-order valence-corrected chi connectivity index (χ0v) is 13.9. The summed E-state index contributed by atoms with van der Waals surface area (Å²) in [7, 11) is -3.44. The van der Waals surface area contributed by atoms with E-state index in [1.165, 1.54) is 0 Å². The quantitative estimate of drug-likeness (QED) is 0.902. The molecule has 2 aromatic rings. The van der Waals surface area contributed by atoms with E-state index in [0.717, 1.165) is 36.8 Å². The molecular weight excluding hydrogens is 314 g/mol. The molecule has 0 aliphatic carbocycles. The third-order valence-electron chi connectivity index (χ3n) is 4.10. The largest absolute Gasteiger partial charge is 0.356 e. The molecule has 7 nitrogen and oxygen atoms in total. The average molecular weight is 335 g/mol. The van der Waals surface area contributed by atoms with E-state index in [1.54, 1.807) is 6.20 Å². The maximum absolute atomic E-state index is 11.3. The van der Waals surface area contributed by atoms with Gasteiger partial charge in [0.2, 0.25) is 10.0 Å². The molecule has 0 aromatic carbocycles. The lowest BCUT2D eigenvalue weighted by Gasteiger charge is -2.33. The lowest BCUT2D eigenvalue weighted by molar-refractivity contribution is 0.441. The number of anilines is 1. The molecule has 1 saturated heterocycles. The number of sulfonamides is 1. The van der Waals surface area contributed by atoms with Crippen molar-refractivity contribution in [2.75, 3.05) is 23.7 Å². The van der Waals surface area contributed by atoms with Crippen LogP contribution >= 0.6 is 0 Å². The number of nitrogens with two attached hydrogens (primary N) is 1. The highest BCUT2D eigenvalue weighted by atomic mass is 32.2. The molecule has 1 fully saturated rings. The van der Waals surface area contributed by atoms with Crippen molar-refractivity contribution in [3.05, 3.63) is 36.4 Å². The Hall–Kier alpha value is -1.93. The molecule has 3 rings (SSSR count). The van der Waals surface area contributed by atoms with E-state index >= 15 is 0 Å². The van der Waals surface area contributed by atoms with Crippen molar-refractivity contribution in [3.63, 3.8) is 0 Å². The summed E-state index contributed by atoms with van der Waals surface area (Å²) in [5.74, 6) is 2.63. The molecular formula is C15H21N5O2S. The second-order valence-electron chi connectivity index (χ2n) is 5.98. The molecule has 2 aromatic heterocycles. The van der Waals surface area contributed by atoms with Crippen LogP contribution in [-0.2, 0) is 10.0 Å². The molecule has 0 amide bonds. The summed E-state index contributed by atoms with van der Waals surface area (Å²) in [5, 5.41) is 5.18. The SMILES string of the molecule is Cc1nccn1-c1cccc(N2CCCC(CS(N)(=O)=O)C2)n1. The fourth-order valence-corrected chi connectivity index (χ4v) is 4.01. The van der Waals surface area contributed by atoms with Gasteiger partial charge in [-0.05, 0) is 37.8 Å². The van der Waals surface area contributed by atoms with Gasteiger partial charge in [0.05, 0.1) is 5.75 Å². The Morgan fingerprint density at radius 1 is 1.35 bits per heavy atom. The molecule has 1 aliphatic heterocycles. The van der Waals surface area contributed by atoms with Crippen molar-refractivity contribution in [2.45, 2.75) is 19.8 Å². The summed E-state index contributed by atoms with van der Waals surface area (Å²) < 4.78 is 24.6. The predicted molar refractivity (Wildman–Crippen MR) is 89.0 cm³/mol. The highest BCUT2D eigenvalue weighted by Gasteiger charge is 2.24. The second kappa shape index (κ2) is 6.29. The minimum atomic E-state index is -3.44. The van der Waals surface area contributed by atoms with Crippen LogP contribution in [-0.4, -0.2) is 41.8 Å². The summed E-state index contributed by atoms with van der Waals surface area (Å²) >= 11 is 0. The van der Waals surface area contributed by atoms with Crippen LogP contribution in [0.1, 0.15) is 18.7 Å². The van der Waals surface area contributed by atoms with Crippen LogP contribution < -0.4 is 10.0 Å². The molecule has 1 aliphatic rings. The molecule has 1 atom stereocenters. The number of aromatic nitrogens is 3. The van der Waals surface area contributed by atoms with Crippen LogP contribution in [0.15, 0.2) is 30.6 Å². The van der Waals surface area contributed by atoms with Crippen LogP contribution in [0.25, 0.3) is 5.82 Å². The fraction of sp³-hybridized carbons (Fsp3) is 0.467. The summed E-state index contributed by atoms with van der Waals surface area (Å²) in [6.45, 7) is 3.47. The Labute approximate surface area is 136 Å². The van der Waals surface area contributed by atoms with Gasteiger partial charge in [0, 0.05) is 25.5 Å². The first-order chi connectivity index (χ1) is 10.9. The maximum atomic E-state index is 11.3. The minimum Gasteiger partial charge on any atom is -0.356 e. The monoisotopic (exact) mass is 335 g/mol. The predicted octanol–water partition coefficient (Wildman–Crippen LogP) is 1.08. The first-order valence-electron chi connectivity index (χ1n) is 7.65. The fourth-order valence-electron chi connectivity index (χ4n) is 3.08. The van der Waals surface area contributed by atoms with Crippen molar-refractivity contribution < 1.29 is 8.42 Å². The van der Waals surface area contributed by atoms with Crippen molar-refractivity contribution in [2.24, 2.45) is 11.1 Å². The number of pyridine rings is 1. The zero-order chi connectivity index (χ0) is 16.4. The Kier molecular flexibility index (Phi) is 4.36. The van der Waals surface area contributed by atoms with E-state index in [-0.39, 0.29) is 11.7 Å². The number of primary sulfonamides is 1. The van der Waals surface area contributed by atoms with E-state index in [4.69, 9.17) is 10.1 Å². The maximum Gasteiger partial charge on any atom is 0.209 e. The Morgan fingerprint density at radius 3 is 2.83 bits per heavy atom. The molecule has 124 valence electrons. The smallest absolute Gasteiger partial charge is 0.209 e. The number of hydrogen-bond donors (Lipinski definition) is 1. The minimum absolute atomic E-state index is 0.0316. The van der Waals surface area contributed by atoms with Crippen molar-refractivity contribution >= 4 is 15.8 Å². The van der Waals surface area contributed by atoms with Gasteiger partial charge >= 0.3 is 0 Å². The number of nitrogens with zero attached hydrogens (tertiary/aromatic N) is 4. The lowest BCUT2D eigenvalue weighted by atomic mass is 10.00. The summed E-state index contributed by atoms with van der Waals surface area (Å²) in [5.41, 5.74) is 0. The van der Waals surface area contributed by atoms with Gasteiger partial charge in [-0.3, -0.25) is 4.57 Å². The van der Waals surface area contributed by atoms with Crippen LogP contribution in [0.5, 0.6) is 0 Å². The Balaban J connectivity index is 1.80. The van der Waals surface area contributed by atoms with Gasteiger partial charge in [-0.2, -0.15) is 0 Å². The summed E-state index contributed by atoms with van der Waals surface area (Å²) in [4.78, 5) is 11.0. The van der Waals surface area contributed by atoms with E-state index in [9.17, 15) is 8.42 Å². The van der Waals surface area contributed by atoms with Crippen molar-refractivity contribution in [1.82, 2.24) is 14.5 Å². The molecule has 23 heavy (non-hydrogen) atoms. The normalized spacial score (nSPS) is 19.0. The van der Waals surface area contributed by atoms with Crippen LogP contribution in [0, 0.1) is 12.8 Å². The highest BCUT2D eigenvalue weighted by Crippen LogP contribution is 2.23. The number of hydrogen-bond acceptors (Lipinski definition) is 5. The van der Waals surface area contributed by atoms with Crippen LogP contribution in [0.4, 0.5) is 5.82 Å². The first-order valence-corrected chi connectivity index (χ1v) is 9.37. The van der Waals surface area contributed by atoms with Gasteiger partial charge in [-0.1, -0.05) is 6.07 Å². The zero-order valence-electron chi connectivity index (χ0n) is 13.1. The number of imidazole rings is 1. The number of piperidine rings is 1. The molecule has 1 unspecified atom stereocenters. The molecule has 0 saturated carbocycles. The van der Waals surface area contributed by atoms with Crippen molar-refractivity contribution in [1.29, 1.82) is 0 Å². The molecule has 8 heteroatoms.